The van der Waals surface area contributed by atoms with E-state index in [4.69, 9.17) is 9.15 Å². The Bertz CT molecular complexity index is 930. The number of ether oxygens (including phenoxy) is 1. The Kier molecular flexibility index (Phi) is 4.70. The summed E-state index contributed by atoms with van der Waals surface area (Å²) in [6, 6.07) is 12.3. The molecule has 0 aliphatic heterocycles. The van der Waals surface area contributed by atoms with E-state index in [0.717, 1.165) is 10.9 Å². The fraction of sp³-hybridized carbons (Fsp3) is 0.158. The van der Waals surface area contributed by atoms with E-state index in [2.05, 4.69) is 10.6 Å². The molecule has 0 fully saturated rings. The van der Waals surface area contributed by atoms with Gasteiger partial charge in [0.15, 0.2) is 0 Å². The second-order valence-electron chi connectivity index (χ2n) is 5.47. The zero-order valence-electron chi connectivity index (χ0n) is 14.0. The molecule has 0 spiro atoms. The van der Waals surface area contributed by atoms with Crippen LogP contribution in [0.25, 0.3) is 11.0 Å². The SMILES string of the molecule is CNC(=O)c1ccccc1NC(=O)Cc1coc2cc(OC)ccc12. The average Bonchev–Trinajstić information content (AvgIpc) is 3.03. The average molecular weight is 338 g/mol. The van der Waals surface area contributed by atoms with Gasteiger partial charge in [-0.3, -0.25) is 9.59 Å². The lowest BCUT2D eigenvalue weighted by atomic mass is 10.1. The van der Waals surface area contributed by atoms with Crippen LogP contribution < -0.4 is 15.4 Å². The molecule has 0 atom stereocenters. The van der Waals surface area contributed by atoms with Crippen LogP contribution in [0.1, 0.15) is 15.9 Å². The molecular weight excluding hydrogens is 320 g/mol. The van der Waals surface area contributed by atoms with Crippen molar-refractivity contribution in [2.75, 3.05) is 19.5 Å². The van der Waals surface area contributed by atoms with Crippen molar-refractivity contribution in [2.45, 2.75) is 6.42 Å². The van der Waals surface area contributed by atoms with Gasteiger partial charge >= 0.3 is 0 Å². The van der Waals surface area contributed by atoms with Gasteiger partial charge in [0.2, 0.25) is 5.91 Å². The number of furan rings is 1. The van der Waals surface area contributed by atoms with Gasteiger partial charge in [-0.15, -0.1) is 0 Å². The number of carbonyl (C=O) groups excluding carboxylic acids is 2. The number of para-hydroxylation sites is 1. The Balaban J connectivity index is 1.79. The number of hydrogen-bond donors (Lipinski definition) is 2. The highest BCUT2D eigenvalue weighted by Gasteiger charge is 2.14. The minimum atomic E-state index is -0.253. The number of carbonyl (C=O) groups is 2. The zero-order valence-corrected chi connectivity index (χ0v) is 14.0. The fourth-order valence-electron chi connectivity index (χ4n) is 2.62. The van der Waals surface area contributed by atoms with Gasteiger partial charge in [-0.25, -0.2) is 0 Å². The van der Waals surface area contributed by atoms with Gasteiger partial charge in [-0.1, -0.05) is 12.1 Å². The zero-order chi connectivity index (χ0) is 17.8. The quantitative estimate of drug-likeness (QED) is 0.749. The molecule has 2 N–H and O–H groups in total. The first-order valence-electron chi connectivity index (χ1n) is 7.77. The van der Waals surface area contributed by atoms with Crippen molar-refractivity contribution in [2.24, 2.45) is 0 Å². The smallest absolute Gasteiger partial charge is 0.253 e. The summed E-state index contributed by atoms with van der Waals surface area (Å²) in [7, 11) is 3.13. The van der Waals surface area contributed by atoms with Gasteiger partial charge < -0.3 is 19.8 Å². The van der Waals surface area contributed by atoms with E-state index in [-0.39, 0.29) is 18.2 Å². The fourth-order valence-corrected chi connectivity index (χ4v) is 2.62. The highest BCUT2D eigenvalue weighted by molar-refractivity contribution is 6.04. The maximum Gasteiger partial charge on any atom is 0.253 e. The molecule has 0 saturated heterocycles. The molecule has 0 saturated carbocycles. The lowest BCUT2D eigenvalue weighted by Gasteiger charge is -2.09. The van der Waals surface area contributed by atoms with Crippen molar-refractivity contribution >= 4 is 28.5 Å². The Morgan fingerprint density at radius 3 is 2.72 bits per heavy atom. The number of nitrogens with one attached hydrogen (secondary N) is 2. The number of methoxy groups -OCH3 is 1. The molecule has 6 heteroatoms. The second-order valence-corrected chi connectivity index (χ2v) is 5.47. The maximum absolute atomic E-state index is 12.4. The normalized spacial score (nSPS) is 10.5. The second kappa shape index (κ2) is 7.09. The molecule has 3 rings (SSSR count). The van der Waals surface area contributed by atoms with Crippen LogP contribution in [0, 0.1) is 0 Å². The Labute approximate surface area is 144 Å². The Morgan fingerprint density at radius 2 is 1.96 bits per heavy atom. The molecule has 0 unspecified atom stereocenters. The monoisotopic (exact) mass is 338 g/mol. The Morgan fingerprint density at radius 1 is 1.16 bits per heavy atom. The molecule has 0 aliphatic carbocycles. The van der Waals surface area contributed by atoms with Crippen molar-refractivity contribution in [3.05, 3.63) is 59.9 Å². The topological polar surface area (TPSA) is 80.6 Å². The maximum atomic E-state index is 12.4. The molecule has 1 aromatic heterocycles. The van der Waals surface area contributed by atoms with Gasteiger partial charge in [-0.2, -0.15) is 0 Å². The number of anilines is 1. The van der Waals surface area contributed by atoms with Crippen molar-refractivity contribution in [3.63, 3.8) is 0 Å². The summed E-state index contributed by atoms with van der Waals surface area (Å²) in [5, 5.41) is 6.20. The molecule has 25 heavy (non-hydrogen) atoms. The predicted octanol–water partition coefficient (Wildman–Crippen LogP) is 2.98. The highest BCUT2D eigenvalue weighted by atomic mass is 16.5. The standard InChI is InChI=1S/C19H18N2O4/c1-20-19(23)15-5-3-4-6-16(15)21-18(22)9-12-11-25-17-10-13(24-2)7-8-14(12)17/h3-8,10-11H,9H2,1-2H3,(H,20,23)(H,21,22). The van der Waals surface area contributed by atoms with Crippen molar-refractivity contribution < 1.29 is 18.7 Å². The van der Waals surface area contributed by atoms with E-state index in [1.165, 1.54) is 0 Å². The van der Waals surface area contributed by atoms with Crippen LogP contribution in [0.2, 0.25) is 0 Å². The largest absolute Gasteiger partial charge is 0.497 e. The van der Waals surface area contributed by atoms with Crippen LogP contribution in [-0.2, 0) is 11.2 Å². The molecule has 0 radical (unpaired) electrons. The molecule has 1 heterocycles. The summed E-state index contributed by atoms with van der Waals surface area (Å²) in [5.41, 5.74) is 2.32. The van der Waals surface area contributed by atoms with Crippen LogP contribution in [0.4, 0.5) is 5.69 Å². The van der Waals surface area contributed by atoms with E-state index in [1.807, 2.05) is 12.1 Å². The molecule has 6 nitrogen and oxygen atoms in total. The lowest BCUT2D eigenvalue weighted by Crippen LogP contribution is -2.22. The van der Waals surface area contributed by atoms with E-state index in [9.17, 15) is 9.59 Å². The number of hydrogen-bond acceptors (Lipinski definition) is 4. The Hall–Kier alpha value is -3.28. The summed E-state index contributed by atoms with van der Waals surface area (Å²) in [4.78, 5) is 24.3. The molecule has 0 bridgehead atoms. The van der Waals surface area contributed by atoms with Crippen LogP contribution in [-0.4, -0.2) is 26.0 Å². The third-order valence-corrected chi connectivity index (χ3v) is 3.89. The first kappa shape index (κ1) is 16.6. The molecule has 128 valence electrons. The molecule has 2 aromatic carbocycles. The van der Waals surface area contributed by atoms with Crippen molar-refractivity contribution in [1.82, 2.24) is 5.32 Å². The first-order valence-corrected chi connectivity index (χ1v) is 7.77. The molecule has 2 amide bonds. The van der Waals surface area contributed by atoms with Crippen molar-refractivity contribution in [1.29, 1.82) is 0 Å². The number of amides is 2. The number of fused-ring (bicyclic) bond motifs is 1. The minimum absolute atomic E-state index is 0.140. The highest BCUT2D eigenvalue weighted by Crippen LogP contribution is 2.26. The van der Waals surface area contributed by atoms with E-state index < -0.39 is 0 Å². The molecular formula is C19H18N2O4. The van der Waals surface area contributed by atoms with E-state index >= 15 is 0 Å². The summed E-state index contributed by atoms with van der Waals surface area (Å²) < 4.78 is 10.7. The first-order chi connectivity index (χ1) is 12.1. The molecule has 3 aromatic rings. The minimum Gasteiger partial charge on any atom is -0.497 e. The van der Waals surface area contributed by atoms with Gasteiger partial charge in [0.25, 0.3) is 5.91 Å². The van der Waals surface area contributed by atoms with Crippen LogP contribution in [0.5, 0.6) is 5.75 Å². The van der Waals surface area contributed by atoms with Crippen LogP contribution >= 0.6 is 0 Å². The number of benzene rings is 2. The third-order valence-electron chi connectivity index (χ3n) is 3.89. The van der Waals surface area contributed by atoms with Crippen molar-refractivity contribution in [3.8, 4) is 5.75 Å². The summed E-state index contributed by atoms with van der Waals surface area (Å²) in [5.74, 6) is 0.212. The third kappa shape index (κ3) is 3.47. The van der Waals surface area contributed by atoms with E-state index in [0.29, 0.717) is 22.6 Å². The van der Waals surface area contributed by atoms with Gasteiger partial charge in [0, 0.05) is 24.1 Å². The lowest BCUT2D eigenvalue weighted by molar-refractivity contribution is -0.115. The van der Waals surface area contributed by atoms with Gasteiger partial charge in [0.1, 0.15) is 11.3 Å². The van der Waals surface area contributed by atoms with E-state index in [1.54, 1.807) is 50.8 Å². The van der Waals surface area contributed by atoms with Gasteiger partial charge in [0.05, 0.1) is 31.0 Å². The summed E-state index contributed by atoms with van der Waals surface area (Å²) in [6.07, 6.45) is 1.70. The van der Waals surface area contributed by atoms with Crippen LogP contribution in [0.3, 0.4) is 0 Å². The van der Waals surface area contributed by atoms with Gasteiger partial charge in [-0.05, 0) is 24.3 Å². The molecule has 0 aliphatic rings. The summed E-state index contributed by atoms with van der Waals surface area (Å²) in [6.45, 7) is 0. The number of rotatable bonds is 5. The van der Waals surface area contributed by atoms with Crippen LogP contribution in [0.15, 0.2) is 53.1 Å². The summed E-state index contributed by atoms with van der Waals surface area (Å²) >= 11 is 0. The predicted molar refractivity (Wildman–Crippen MR) is 94.9 cm³/mol.